The lowest BCUT2D eigenvalue weighted by Crippen LogP contribution is -2.16. The summed E-state index contributed by atoms with van der Waals surface area (Å²) in [5.74, 6) is 0.144. The number of benzene rings is 1. The van der Waals surface area contributed by atoms with Crippen LogP contribution in [0, 0.1) is 6.92 Å². The molecule has 0 aliphatic heterocycles. The predicted octanol–water partition coefficient (Wildman–Crippen LogP) is 1.55. The molecule has 1 heterocycles. The molecule has 0 saturated carbocycles. The molecule has 0 spiro atoms. The van der Waals surface area contributed by atoms with Gasteiger partial charge in [0, 0.05) is 18.5 Å². The van der Waals surface area contributed by atoms with Crippen molar-refractivity contribution in [2.24, 2.45) is 7.05 Å². The molecule has 14 heavy (non-hydrogen) atoms. The molecule has 1 N–H and O–H groups in total. The van der Waals surface area contributed by atoms with Crippen molar-refractivity contribution in [3.8, 4) is 5.75 Å². The molecule has 72 valence electrons. The third-order valence-corrected chi connectivity index (χ3v) is 2.45. The van der Waals surface area contributed by atoms with Gasteiger partial charge < -0.3 is 9.67 Å². The number of aromatic hydroxyl groups is 1. The molecule has 0 saturated heterocycles. The number of hydrogen-bond acceptors (Lipinski definition) is 2. The highest BCUT2D eigenvalue weighted by Gasteiger charge is 2.06. The van der Waals surface area contributed by atoms with E-state index in [0.29, 0.717) is 5.52 Å². The van der Waals surface area contributed by atoms with Gasteiger partial charge in [-0.1, -0.05) is 12.1 Å². The zero-order valence-electron chi connectivity index (χ0n) is 8.11. The van der Waals surface area contributed by atoms with Crippen LogP contribution in [-0.4, -0.2) is 9.67 Å². The number of nitrogens with zero attached hydrogens (tertiary/aromatic N) is 1. The van der Waals surface area contributed by atoms with Crippen LogP contribution in [-0.2, 0) is 7.05 Å². The minimum absolute atomic E-state index is 0.100. The standard InChI is InChI=1S/C11H11NO2/c1-7-6-10(14)12(2)11-8(7)4-3-5-9(11)13/h3-6,13H,1-2H3. The molecule has 0 amide bonds. The molecule has 1 aromatic carbocycles. The van der Waals surface area contributed by atoms with Gasteiger partial charge in [-0.25, -0.2) is 0 Å². The maximum atomic E-state index is 11.5. The summed E-state index contributed by atoms with van der Waals surface area (Å²) in [5.41, 5.74) is 1.38. The Morgan fingerprint density at radius 1 is 1.36 bits per heavy atom. The molecular formula is C11H11NO2. The lowest BCUT2D eigenvalue weighted by atomic mass is 10.1. The van der Waals surface area contributed by atoms with E-state index in [4.69, 9.17) is 0 Å². The third-order valence-electron chi connectivity index (χ3n) is 2.45. The van der Waals surface area contributed by atoms with E-state index < -0.39 is 0 Å². The molecule has 1 aromatic heterocycles. The number of rotatable bonds is 0. The van der Waals surface area contributed by atoms with Gasteiger partial charge in [0.2, 0.25) is 0 Å². The number of aromatic nitrogens is 1. The van der Waals surface area contributed by atoms with E-state index in [1.54, 1.807) is 25.2 Å². The second kappa shape index (κ2) is 2.87. The maximum Gasteiger partial charge on any atom is 0.251 e. The second-order valence-electron chi connectivity index (χ2n) is 3.40. The van der Waals surface area contributed by atoms with Crippen LogP contribution in [0.15, 0.2) is 29.1 Å². The zero-order chi connectivity index (χ0) is 10.3. The lowest BCUT2D eigenvalue weighted by Gasteiger charge is -2.08. The van der Waals surface area contributed by atoms with Gasteiger partial charge in [-0.3, -0.25) is 4.79 Å². The van der Waals surface area contributed by atoms with E-state index in [9.17, 15) is 9.90 Å². The van der Waals surface area contributed by atoms with Crippen LogP contribution in [0.5, 0.6) is 5.75 Å². The molecule has 0 unspecified atom stereocenters. The third kappa shape index (κ3) is 1.09. The van der Waals surface area contributed by atoms with Crippen molar-refractivity contribution >= 4 is 10.9 Å². The molecule has 0 bridgehead atoms. The van der Waals surface area contributed by atoms with Crippen LogP contribution in [0.1, 0.15) is 5.56 Å². The largest absolute Gasteiger partial charge is 0.506 e. The SMILES string of the molecule is Cc1cc(=O)n(C)c2c(O)cccc12. The fourth-order valence-electron chi connectivity index (χ4n) is 1.67. The first-order valence-electron chi connectivity index (χ1n) is 4.39. The minimum Gasteiger partial charge on any atom is -0.506 e. The number of pyridine rings is 1. The van der Waals surface area contributed by atoms with Crippen LogP contribution in [0.4, 0.5) is 0 Å². The molecule has 3 nitrogen and oxygen atoms in total. The summed E-state index contributed by atoms with van der Waals surface area (Å²) in [7, 11) is 1.66. The van der Waals surface area contributed by atoms with Gasteiger partial charge >= 0.3 is 0 Å². The lowest BCUT2D eigenvalue weighted by molar-refractivity contribution is 0.478. The number of phenols is 1. The van der Waals surface area contributed by atoms with Crippen molar-refractivity contribution in [2.75, 3.05) is 0 Å². The van der Waals surface area contributed by atoms with Gasteiger partial charge in [0.15, 0.2) is 0 Å². The molecule has 2 aromatic rings. The summed E-state index contributed by atoms with van der Waals surface area (Å²) in [6.07, 6.45) is 0. The van der Waals surface area contributed by atoms with E-state index in [1.165, 1.54) is 4.57 Å². The quantitative estimate of drug-likeness (QED) is 0.683. The smallest absolute Gasteiger partial charge is 0.251 e. The Morgan fingerprint density at radius 2 is 2.07 bits per heavy atom. The second-order valence-corrected chi connectivity index (χ2v) is 3.40. The molecule has 0 atom stereocenters. The Bertz CT molecular complexity index is 555. The van der Waals surface area contributed by atoms with Crippen molar-refractivity contribution in [2.45, 2.75) is 6.92 Å². The normalized spacial score (nSPS) is 10.7. The minimum atomic E-state index is -0.100. The molecule has 0 aliphatic rings. The summed E-state index contributed by atoms with van der Waals surface area (Å²) in [6.45, 7) is 1.86. The van der Waals surface area contributed by atoms with Crippen molar-refractivity contribution in [1.82, 2.24) is 4.57 Å². The van der Waals surface area contributed by atoms with Crippen molar-refractivity contribution < 1.29 is 5.11 Å². The van der Waals surface area contributed by atoms with Gasteiger partial charge in [0.1, 0.15) is 5.75 Å². The maximum absolute atomic E-state index is 11.5. The van der Waals surface area contributed by atoms with Gasteiger partial charge in [-0.15, -0.1) is 0 Å². The summed E-state index contributed by atoms with van der Waals surface area (Å²) in [6, 6.07) is 6.82. The first kappa shape index (κ1) is 8.81. The van der Waals surface area contributed by atoms with Crippen LogP contribution < -0.4 is 5.56 Å². The molecule has 0 fully saturated rings. The van der Waals surface area contributed by atoms with E-state index in [0.717, 1.165) is 10.9 Å². The van der Waals surface area contributed by atoms with Crippen LogP contribution in [0.25, 0.3) is 10.9 Å². The summed E-state index contributed by atoms with van der Waals surface area (Å²) >= 11 is 0. The molecule has 3 heteroatoms. The number of aryl methyl sites for hydroxylation is 2. The fraction of sp³-hybridized carbons (Fsp3) is 0.182. The van der Waals surface area contributed by atoms with E-state index >= 15 is 0 Å². The zero-order valence-corrected chi connectivity index (χ0v) is 8.11. The van der Waals surface area contributed by atoms with Crippen molar-refractivity contribution in [3.05, 3.63) is 40.2 Å². The molecular weight excluding hydrogens is 178 g/mol. The Balaban J connectivity index is 3.11. The van der Waals surface area contributed by atoms with Crippen LogP contribution >= 0.6 is 0 Å². The Hall–Kier alpha value is -1.77. The number of fused-ring (bicyclic) bond motifs is 1. The van der Waals surface area contributed by atoms with Crippen molar-refractivity contribution in [3.63, 3.8) is 0 Å². The first-order valence-corrected chi connectivity index (χ1v) is 4.39. The molecule has 0 radical (unpaired) electrons. The monoisotopic (exact) mass is 189 g/mol. The highest BCUT2D eigenvalue weighted by Crippen LogP contribution is 2.24. The van der Waals surface area contributed by atoms with E-state index in [2.05, 4.69) is 0 Å². The van der Waals surface area contributed by atoms with Gasteiger partial charge in [0.25, 0.3) is 5.56 Å². The summed E-state index contributed by atoms with van der Waals surface area (Å²) in [5, 5.41) is 10.6. The number of para-hydroxylation sites is 1. The van der Waals surface area contributed by atoms with Gasteiger partial charge in [0.05, 0.1) is 5.52 Å². The van der Waals surface area contributed by atoms with Gasteiger partial charge in [-0.05, 0) is 18.6 Å². The Labute approximate surface area is 81.2 Å². The average molecular weight is 189 g/mol. The topological polar surface area (TPSA) is 42.2 Å². The summed E-state index contributed by atoms with van der Waals surface area (Å²) in [4.78, 5) is 11.5. The Kier molecular flexibility index (Phi) is 1.81. The predicted molar refractivity (Wildman–Crippen MR) is 55.6 cm³/mol. The highest BCUT2D eigenvalue weighted by atomic mass is 16.3. The Morgan fingerprint density at radius 3 is 2.79 bits per heavy atom. The number of hydrogen-bond donors (Lipinski definition) is 1. The molecule has 2 rings (SSSR count). The van der Waals surface area contributed by atoms with E-state index in [-0.39, 0.29) is 11.3 Å². The van der Waals surface area contributed by atoms with E-state index in [1.807, 2.05) is 13.0 Å². The average Bonchev–Trinajstić information content (AvgIpc) is 2.14. The van der Waals surface area contributed by atoms with Crippen LogP contribution in [0.3, 0.4) is 0 Å². The highest BCUT2D eigenvalue weighted by molar-refractivity contribution is 5.87. The van der Waals surface area contributed by atoms with Crippen molar-refractivity contribution in [1.29, 1.82) is 0 Å². The fourth-order valence-corrected chi connectivity index (χ4v) is 1.67. The van der Waals surface area contributed by atoms with Crippen LogP contribution in [0.2, 0.25) is 0 Å². The summed E-state index contributed by atoms with van der Waals surface area (Å²) < 4.78 is 1.46. The first-order chi connectivity index (χ1) is 6.61. The van der Waals surface area contributed by atoms with Gasteiger partial charge in [-0.2, -0.15) is 0 Å². The number of phenolic OH excluding ortho intramolecular Hbond substituents is 1. The molecule has 0 aliphatic carbocycles.